The van der Waals surface area contributed by atoms with Crippen molar-refractivity contribution in [2.75, 3.05) is 19.8 Å². The van der Waals surface area contributed by atoms with Crippen LogP contribution in [-0.4, -0.2) is 43.8 Å². The largest absolute Gasteiger partial charge is 0.462 e. The van der Waals surface area contributed by atoms with E-state index in [4.69, 9.17) is 24.0 Å². The molecule has 0 N–H and O–H groups in total. The van der Waals surface area contributed by atoms with Crippen molar-refractivity contribution in [3.63, 3.8) is 0 Å². The third kappa shape index (κ3) is 6.42. The molecule has 0 radical (unpaired) electrons. The van der Waals surface area contributed by atoms with Gasteiger partial charge in [0.25, 0.3) is 0 Å². The van der Waals surface area contributed by atoms with Gasteiger partial charge in [0.05, 0.1) is 42.6 Å². The summed E-state index contributed by atoms with van der Waals surface area (Å²) in [5.41, 5.74) is 2.07. The number of hydrogen-bond acceptors (Lipinski definition) is 8. The highest BCUT2D eigenvalue weighted by Crippen LogP contribution is 2.31. The van der Waals surface area contributed by atoms with Crippen molar-refractivity contribution in [3.8, 4) is 0 Å². The molecule has 4 heterocycles. The van der Waals surface area contributed by atoms with E-state index in [1.807, 2.05) is 0 Å². The van der Waals surface area contributed by atoms with Gasteiger partial charge in [0, 0.05) is 5.92 Å². The van der Waals surface area contributed by atoms with E-state index in [0.29, 0.717) is 36.1 Å². The van der Waals surface area contributed by atoms with Crippen LogP contribution in [0.25, 0.3) is 0 Å². The number of hydrogen-bond donors (Lipinski definition) is 0. The number of esters is 3. The lowest BCUT2D eigenvalue weighted by molar-refractivity contribution is -0.357. The van der Waals surface area contributed by atoms with Crippen molar-refractivity contribution < 1.29 is 38.4 Å². The lowest BCUT2D eigenvalue weighted by Crippen LogP contribution is -2.37. The van der Waals surface area contributed by atoms with Crippen LogP contribution in [0.1, 0.15) is 68.7 Å². The summed E-state index contributed by atoms with van der Waals surface area (Å²) in [7, 11) is 0. The summed E-state index contributed by atoms with van der Waals surface area (Å²) in [5, 5.41) is 0. The van der Waals surface area contributed by atoms with Crippen LogP contribution in [-0.2, 0) is 30.6 Å². The summed E-state index contributed by atoms with van der Waals surface area (Å²) in [4.78, 5) is 47.6. The van der Waals surface area contributed by atoms with Gasteiger partial charge in [0.15, 0.2) is 0 Å². The Morgan fingerprint density at radius 2 is 1.15 bits per heavy atom. The zero-order valence-electron chi connectivity index (χ0n) is 18.9. The highest BCUT2D eigenvalue weighted by Gasteiger charge is 2.34. The van der Waals surface area contributed by atoms with Crippen LogP contribution < -0.4 is 0 Å². The van der Waals surface area contributed by atoms with Crippen LogP contribution >= 0.6 is 0 Å². The van der Waals surface area contributed by atoms with Gasteiger partial charge in [0.2, 0.25) is 0 Å². The number of rotatable bonds is 0. The Morgan fingerprint density at radius 1 is 0.618 bits per heavy atom. The second kappa shape index (κ2) is 11.8. The van der Waals surface area contributed by atoms with E-state index in [-0.39, 0.29) is 37.8 Å². The molecule has 2 atom stereocenters. The normalized spacial score (nSPS) is 22.9. The van der Waals surface area contributed by atoms with E-state index in [1.165, 1.54) is 0 Å². The molecule has 5 aliphatic rings. The summed E-state index contributed by atoms with van der Waals surface area (Å²) >= 11 is 0. The zero-order valence-corrected chi connectivity index (χ0v) is 18.9. The Bertz CT molecular complexity index is 983. The Labute approximate surface area is 198 Å². The molecule has 8 heteroatoms. The fraction of sp³-hybridized carbons (Fsp3) is 0.423. The molecule has 4 aliphatic heterocycles. The van der Waals surface area contributed by atoms with Crippen LogP contribution in [0.4, 0.5) is 0 Å². The lowest BCUT2D eigenvalue weighted by atomic mass is 9.83. The van der Waals surface area contributed by atoms with Crippen molar-refractivity contribution in [2.24, 2.45) is 5.92 Å². The summed E-state index contributed by atoms with van der Waals surface area (Å²) in [5.74, 6) is -1.22. The molecule has 0 spiro atoms. The molecule has 2 unspecified atom stereocenters. The minimum atomic E-state index is -0.450. The molecule has 1 saturated carbocycles. The Morgan fingerprint density at radius 3 is 1.68 bits per heavy atom. The standard InChI is InChI=1S/C26H28O8/c27-24-19-6-4-18(5-7-19)16-33-34-23-13-12-22(23)17-32-26(29)21-10-8-20(9-11-21)25(28)31-15-3-1-2-14-30-24/h4-11,22-23H,1-3,12-17H2. The molecule has 0 amide bonds. The SMILES string of the molecule is O=C1OCCCCCOC(=O)c2ccc(cc2)C(=O)OCC2CCC2OOCc2ccc1cc2. The summed E-state index contributed by atoms with van der Waals surface area (Å²) < 4.78 is 16.0. The van der Waals surface area contributed by atoms with E-state index in [2.05, 4.69) is 0 Å². The molecular weight excluding hydrogens is 440 g/mol. The van der Waals surface area contributed by atoms with Crippen molar-refractivity contribution in [1.29, 1.82) is 0 Å². The van der Waals surface area contributed by atoms with Crippen LogP contribution in [0.5, 0.6) is 0 Å². The smallest absolute Gasteiger partial charge is 0.338 e. The van der Waals surface area contributed by atoms with E-state index < -0.39 is 11.9 Å². The molecule has 2 aromatic carbocycles. The quantitative estimate of drug-likeness (QED) is 0.321. The van der Waals surface area contributed by atoms with Gasteiger partial charge < -0.3 is 14.2 Å². The number of benzene rings is 2. The van der Waals surface area contributed by atoms with Crippen LogP contribution in [0.15, 0.2) is 48.5 Å². The fourth-order valence-electron chi connectivity index (χ4n) is 3.67. The minimum absolute atomic E-state index is 0.0600. The summed E-state index contributed by atoms with van der Waals surface area (Å²) in [6, 6.07) is 13.2. The first-order valence-corrected chi connectivity index (χ1v) is 11.6. The maximum atomic E-state index is 12.4. The van der Waals surface area contributed by atoms with E-state index in [9.17, 15) is 14.4 Å². The minimum Gasteiger partial charge on any atom is -0.462 e. The van der Waals surface area contributed by atoms with Crippen molar-refractivity contribution in [1.82, 2.24) is 0 Å². The Balaban J connectivity index is 1.37. The molecule has 0 aromatic heterocycles. The highest BCUT2D eigenvalue weighted by molar-refractivity contribution is 5.93. The first-order chi connectivity index (χ1) is 16.6. The molecule has 0 saturated heterocycles. The third-order valence-corrected chi connectivity index (χ3v) is 5.99. The molecule has 1 aliphatic carbocycles. The van der Waals surface area contributed by atoms with E-state index >= 15 is 0 Å². The first kappa shape index (κ1) is 23.9. The van der Waals surface area contributed by atoms with Gasteiger partial charge in [-0.3, -0.25) is 0 Å². The second-order valence-electron chi connectivity index (χ2n) is 8.44. The second-order valence-corrected chi connectivity index (χ2v) is 8.44. The Kier molecular flexibility index (Phi) is 8.27. The van der Waals surface area contributed by atoms with Crippen LogP contribution in [0.2, 0.25) is 0 Å². The average molecular weight is 469 g/mol. The van der Waals surface area contributed by atoms with Gasteiger partial charge >= 0.3 is 17.9 Å². The molecule has 7 rings (SSSR count). The van der Waals surface area contributed by atoms with Gasteiger partial charge in [0.1, 0.15) is 6.61 Å². The van der Waals surface area contributed by atoms with Gasteiger partial charge in [-0.25, -0.2) is 24.2 Å². The third-order valence-electron chi connectivity index (χ3n) is 5.99. The van der Waals surface area contributed by atoms with Gasteiger partial charge in [-0.2, -0.15) is 0 Å². The molecule has 2 aromatic rings. The van der Waals surface area contributed by atoms with Gasteiger partial charge in [-0.15, -0.1) is 0 Å². The molecule has 8 nitrogen and oxygen atoms in total. The maximum Gasteiger partial charge on any atom is 0.338 e. The van der Waals surface area contributed by atoms with Crippen molar-refractivity contribution >= 4 is 17.9 Å². The topological polar surface area (TPSA) is 97.4 Å². The fourth-order valence-corrected chi connectivity index (χ4v) is 3.67. The van der Waals surface area contributed by atoms with Crippen molar-refractivity contribution in [2.45, 2.75) is 44.8 Å². The summed E-state index contributed by atoms with van der Waals surface area (Å²) in [6.45, 7) is 1.04. The zero-order chi connectivity index (χ0) is 23.8. The predicted molar refractivity (Wildman–Crippen MR) is 120 cm³/mol. The van der Waals surface area contributed by atoms with E-state index in [0.717, 1.165) is 24.8 Å². The number of carbonyl (C=O) groups excluding carboxylic acids is 3. The predicted octanol–water partition coefficient (Wildman–Crippen LogP) is 4.27. The summed E-state index contributed by atoms with van der Waals surface area (Å²) in [6.07, 6.45) is 3.64. The van der Waals surface area contributed by atoms with Gasteiger partial charge in [-0.1, -0.05) is 12.1 Å². The number of ether oxygens (including phenoxy) is 3. The molecule has 34 heavy (non-hydrogen) atoms. The van der Waals surface area contributed by atoms with Crippen LogP contribution in [0, 0.1) is 5.92 Å². The lowest BCUT2D eigenvalue weighted by Gasteiger charge is -2.34. The van der Waals surface area contributed by atoms with Crippen LogP contribution in [0.3, 0.4) is 0 Å². The maximum absolute atomic E-state index is 12.4. The molecule has 4 bridgehead atoms. The van der Waals surface area contributed by atoms with Crippen molar-refractivity contribution in [3.05, 3.63) is 70.8 Å². The first-order valence-electron chi connectivity index (χ1n) is 11.6. The molecule has 1 fully saturated rings. The molecular formula is C26H28O8. The highest BCUT2D eigenvalue weighted by atomic mass is 17.2. The van der Waals surface area contributed by atoms with Gasteiger partial charge in [-0.05, 0) is 74.1 Å². The number of carbonyl (C=O) groups is 3. The monoisotopic (exact) mass is 468 g/mol. The Hall–Kier alpha value is -3.23. The average Bonchev–Trinajstić information content (AvgIpc) is 2.85. The van der Waals surface area contributed by atoms with E-state index in [1.54, 1.807) is 48.5 Å². The molecule has 180 valence electrons.